The van der Waals surface area contributed by atoms with Crippen LogP contribution in [0.15, 0.2) is 36.7 Å². The lowest BCUT2D eigenvalue weighted by atomic mass is 10.1. The van der Waals surface area contributed by atoms with E-state index in [2.05, 4.69) is 21.8 Å². The van der Waals surface area contributed by atoms with Crippen molar-refractivity contribution in [3.05, 3.63) is 54.1 Å². The predicted molar refractivity (Wildman–Crippen MR) is 78.0 cm³/mol. The number of rotatable bonds is 1. The molecule has 0 bridgehead atoms. The molecule has 0 spiro atoms. The number of aromatic nitrogens is 2. The van der Waals surface area contributed by atoms with E-state index in [4.69, 9.17) is 0 Å². The maximum absolute atomic E-state index is 13.3. The van der Waals surface area contributed by atoms with E-state index in [0.717, 1.165) is 19.0 Å². The van der Waals surface area contributed by atoms with Crippen molar-refractivity contribution < 1.29 is 8.78 Å². The van der Waals surface area contributed by atoms with Crippen molar-refractivity contribution in [3.63, 3.8) is 0 Å². The van der Waals surface area contributed by atoms with Crippen LogP contribution in [0, 0.1) is 34.8 Å². The van der Waals surface area contributed by atoms with Crippen LogP contribution in [0.1, 0.15) is 12.2 Å². The highest BCUT2D eigenvalue weighted by atomic mass is 19.1. The lowest BCUT2D eigenvalue weighted by Crippen LogP contribution is -2.24. The van der Waals surface area contributed by atoms with Gasteiger partial charge in [-0.15, -0.1) is 0 Å². The highest BCUT2D eigenvalue weighted by Gasteiger charge is 2.59. The van der Waals surface area contributed by atoms with Crippen LogP contribution < -0.4 is 4.90 Å². The highest BCUT2D eigenvalue weighted by molar-refractivity contribution is 5.52. The topological polar surface area (TPSA) is 29.0 Å². The Kier molecular flexibility index (Phi) is 2.86. The van der Waals surface area contributed by atoms with E-state index in [9.17, 15) is 8.78 Å². The first-order valence-electron chi connectivity index (χ1n) is 7.16. The maximum Gasteiger partial charge on any atom is 0.204 e. The Morgan fingerprint density at radius 1 is 1.14 bits per heavy atom. The third-order valence-electron chi connectivity index (χ3n) is 4.35. The molecule has 2 heterocycles. The summed E-state index contributed by atoms with van der Waals surface area (Å²) in [5.41, 5.74) is 0.504. The minimum Gasteiger partial charge on any atom is -0.369 e. The van der Waals surface area contributed by atoms with Crippen LogP contribution in [-0.2, 0) is 0 Å². The second-order valence-corrected chi connectivity index (χ2v) is 5.89. The van der Waals surface area contributed by atoms with Gasteiger partial charge in [0.25, 0.3) is 0 Å². The quantitative estimate of drug-likeness (QED) is 0.758. The molecule has 2 unspecified atom stereocenters. The molecule has 2 aliphatic rings. The predicted octanol–water partition coefficient (Wildman–Crippen LogP) is 2.63. The van der Waals surface area contributed by atoms with E-state index in [1.165, 1.54) is 12.1 Å². The van der Waals surface area contributed by atoms with Crippen LogP contribution in [0.3, 0.4) is 0 Å². The van der Waals surface area contributed by atoms with Gasteiger partial charge in [0, 0.05) is 37.2 Å². The van der Waals surface area contributed by atoms with E-state index in [1.807, 2.05) is 4.90 Å². The first kappa shape index (κ1) is 13.2. The van der Waals surface area contributed by atoms with Gasteiger partial charge in [-0.3, -0.25) is 0 Å². The number of hydrogen-bond donors (Lipinski definition) is 0. The number of nitrogens with zero attached hydrogens (tertiary/aromatic N) is 3. The summed E-state index contributed by atoms with van der Waals surface area (Å²) in [5, 5.41) is 0. The summed E-state index contributed by atoms with van der Waals surface area (Å²) in [6.07, 6.45) is 4.35. The van der Waals surface area contributed by atoms with Gasteiger partial charge in [-0.2, -0.15) is 0 Å². The van der Waals surface area contributed by atoms with Crippen molar-refractivity contribution in [1.82, 2.24) is 9.97 Å². The van der Waals surface area contributed by atoms with Gasteiger partial charge in [0.2, 0.25) is 5.82 Å². The lowest BCUT2D eigenvalue weighted by Gasteiger charge is -2.21. The Hall–Kier alpha value is -2.48. The molecular weight excluding hydrogens is 284 g/mol. The van der Waals surface area contributed by atoms with Crippen molar-refractivity contribution in [2.45, 2.75) is 6.42 Å². The molecule has 0 amide bonds. The summed E-state index contributed by atoms with van der Waals surface area (Å²) in [6, 6.07) is 5.38. The normalized spacial score (nSPS) is 25.4. The van der Waals surface area contributed by atoms with Crippen LogP contribution >= 0.6 is 0 Å². The highest BCUT2D eigenvalue weighted by Crippen LogP contribution is 2.58. The first-order chi connectivity index (χ1) is 10.6. The van der Waals surface area contributed by atoms with Crippen molar-refractivity contribution in [2.24, 2.45) is 11.3 Å². The minimum absolute atomic E-state index is 0.0814. The summed E-state index contributed by atoms with van der Waals surface area (Å²) in [5.74, 6) is 6.16. The summed E-state index contributed by atoms with van der Waals surface area (Å²) < 4.78 is 26.7. The summed E-state index contributed by atoms with van der Waals surface area (Å²) in [6.45, 7) is 1.48. The molecule has 1 aromatic heterocycles. The number of anilines is 1. The average Bonchev–Trinajstić information content (AvgIpc) is 3.06. The Bertz CT molecular complexity index is 761. The second kappa shape index (κ2) is 4.77. The third kappa shape index (κ3) is 2.31. The Morgan fingerprint density at radius 3 is 2.59 bits per heavy atom. The van der Waals surface area contributed by atoms with Gasteiger partial charge in [0.15, 0.2) is 0 Å². The molecule has 1 aromatic carbocycles. The van der Waals surface area contributed by atoms with Crippen molar-refractivity contribution in [3.8, 4) is 11.8 Å². The van der Waals surface area contributed by atoms with E-state index in [-0.39, 0.29) is 5.41 Å². The average molecular weight is 297 g/mol. The molecule has 0 N–H and O–H groups in total. The lowest BCUT2D eigenvalue weighted by molar-refractivity contribution is 0.581. The van der Waals surface area contributed by atoms with E-state index in [0.29, 0.717) is 24.0 Å². The van der Waals surface area contributed by atoms with Gasteiger partial charge in [-0.25, -0.2) is 18.7 Å². The molecule has 22 heavy (non-hydrogen) atoms. The van der Waals surface area contributed by atoms with Crippen LogP contribution in [-0.4, -0.2) is 23.1 Å². The van der Waals surface area contributed by atoms with Crippen LogP contribution in [0.4, 0.5) is 14.5 Å². The molecule has 2 atom stereocenters. The van der Waals surface area contributed by atoms with E-state index in [1.54, 1.807) is 18.5 Å². The van der Waals surface area contributed by atoms with Gasteiger partial charge in [-0.1, -0.05) is 5.92 Å². The molecule has 3 nitrogen and oxygen atoms in total. The number of benzene rings is 1. The molecule has 2 fully saturated rings. The first-order valence-corrected chi connectivity index (χ1v) is 7.16. The number of fused-ring (bicyclic) bond motifs is 1. The Morgan fingerprint density at radius 2 is 1.86 bits per heavy atom. The molecule has 0 radical (unpaired) electrons. The van der Waals surface area contributed by atoms with Gasteiger partial charge >= 0.3 is 0 Å². The smallest absolute Gasteiger partial charge is 0.204 e. The maximum atomic E-state index is 13.3. The molecule has 4 rings (SSSR count). The molecule has 2 aromatic rings. The van der Waals surface area contributed by atoms with Crippen molar-refractivity contribution >= 4 is 5.69 Å². The van der Waals surface area contributed by atoms with Crippen LogP contribution in [0.25, 0.3) is 0 Å². The molecule has 1 aliphatic carbocycles. The minimum atomic E-state index is -0.548. The fourth-order valence-corrected chi connectivity index (χ4v) is 3.14. The van der Waals surface area contributed by atoms with Gasteiger partial charge in [0.1, 0.15) is 11.6 Å². The second-order valence-electron chi connectivity index (χ2n) is 5.89. The molecule has 1 aliphatic heterocycles. The zero-order valence-electron chi connectivity index (χ0n) is 11.8. The standard InChI is InChI=1S/C17H13F2N3/c18-13-6-14(19)8-15(7-13)22-10-12-9-17(12,11-22)3-2-16-20-4-1-5-21-16/h1,4-8,12H,9-11H2. The third-order valence-corrected chi connectivity index (χ3v) is 4.35. The SMILES string of the molecule is Fc1cc(F)cc(N2CC3CC3(C#Cc3ncccn3)C2)c1. The van der Waals surface area contributed by atoms with Crippen molar-refractivity contribution in [1.29, 1.82) is 0 Å². The van der Waals surface area contributed by atoms with E-state index < -0.39 is 11.6 Å². The Balaban J connectivity index is 1.55. The van der Waals surface area contributed by atoms with Crippen LogP contribution in [0.5, 0.6) is 0 Å². The largest absolute Gasteiger partial charge is 0.369 e. The molecule has 110 valence electrons. The molecule has 1 saturated carbocycles. The zero-order chi connectivity index (χ0) is 15.2. The molecule has 5 heteroatoms. The summed E-state index contributed by atoms with van der Waals surface area (Å²) in [7, 11) is 0. The van der Waals surface area contributed by atoms with E-state index >= 15 is 0 Å². The van der Waals surface area contributed by atoms with Crippen LogP contribution in [0.2, 0.25) is 0 Å². The van der Waals surface area contributed by atoms with Gasteiger partial charge < -0.3 is 4.90 Å². The monoisotopic (exact) mass is 297 g/mol. The number of piperidine rings is 1. The fraction of sp³-hybridized carbons (Fsp3) is 0.294. The van der Waals surface area contributed by atoms with Crippen molar-refractivity contribution in [2.75, 3.05) is 18.0 Å². The summed E-state index contributed by atoms with van der Waals surface area (Å²) >= 11 is 0. The number of hydrogen-bond acceptors (Lipinski definition) is 3. The number of halogens is 2. The van der Waals surface area contributed by atoms with Gasteiger partial charge in [-0.05, 0) is 36.5 Å². The van der Waals surface area contributed by atoms with Gasteiger partial charge in [0.05, 0.1) is 5.41 Å². The Labute approximate surface area is 127 Å². The summed E-state index contributed by atoms with van der Waals surface area (Å²) in [4.78, 5) is 10.2. The molecular formula is C17H13F2N3. The fourth-order valence-electron chi connectivity index (χ4n) is 3.14. The molecule has 1 saturated heterocycles. The zero-order valence-corrected chi connectivity index (χ0v) is 11.8.